The molecule has 0 atom stereocenters. The Kier molecular flexibility index (Phi) is 4.35. The van der Waals surface area contributed by atoms with Gasteiger partial charge in [-0.25, -0.2) is 9.78 Å². The first-order chi connectivity index (χ1) is 11.1. The van der Waals surface area contributed by atoms with Crippen molar-refractivity contribution in [3.05, 3.63) is 59.7 Å². The van der Waals surface area contributed by atoms with Gasteiger partial charge in [0.1, 0.15) is 0 Å². The Bertz CT molecular complexity index is 872. The maximum Gasteiger partial charge on any atom is 0.336 e. The first kappa shape index (κ1) is 15.6. The average molecular weight is 323 g/mol. The topological polar surface area (TPSA) is 50.2 Å². The molecule has 0 aliphatic rings. The monoisotopic (exact) mass is 323 g/mol. The van der Waals surface area contributed by atoms with Gasteiger partial charge in [-0.15, -0.1) is 11.8 Å². The molecule has 4 heteroatoms. The third kappa shape index (κ3) is 3.08. The zero-order valence-electron chi connectivity index (χ0n) is 13.0. The summed E-state index contributed by atoms with van der Waals surface area (Å²) in [6.07, 6.45) is 2.89. The van der Waals surface area contributed by atoms with Crippen molar-refractivity contribution in [2.45, 2.75) is 18.2 Å². The number of thioether (sulfide) groups is 1. The number of benzene rings is 2. The zero-order valence-corrected chi connectivity index (χ0v) is 13.9. The molecule has 2 aromatic carbocycles. The summed E-state index contributed by atoms with van der Waals surface area (Å²) in [5, 5.41) is 10.3. The Balaban J connectivity index is 2.20. The molecule has 0 saturated carbocycles. The van der Waals surface area contributed by atoms with Gasteiger partial charge in [0.05, 0.1) is 16.8 Å². The van der Waals surface area contributed by atoms with Gasteiger partial charge in [0.15, 0.2) is 0 Å². The fourth-order valence-electron chi connectivity index (χ4n) is 2.58. The number of carbonyl (C=O) groups is 1. The molecule has 1 N–H and O–H groups in total. The number of carboxylic acids is 1. The average Bonchev–Trinajstić information content (AvgIpc) is 2.60. The number of pyridine rings is 1. The number of aryl methyl sites for hydroxylation is 1. The van der Waals surface area contributed by atoms with E-state index in [4.69, 9.17) is 0 Å². The minimum atomic E-state index is -0.923. The summed E-state index contributed by atoms with van der Waals surface area (Å²) in [5.74, 6) is -0.923. The van der Waals surface area contributed by atoms with Gasteiger partial charge in [0.2, 0.25) is 0 Å². The number of rotatable bonds is 4. The highest BCUT2D eigenvalue weighted by molar-refractivity contribution is 7.98. The predicted molar refractivity (Wildman–Crippen MR) is 95.3 cm³/mol. The minimum Gasteiger partial charge on any atom is -0.478 e. The zero-order chi connectivity index (χ0) is 16.4. The van der Waals surface area contributed by atoms with Crippen LogP contribution in [0.15, 0.2) is 53.4 Å². The first-order valence-electron chi connectivity index (χ1n) is 7.43. The van der Waals surface area contributed by atoms with Crippen LogP contribution in [0.3, 0.4) is 0 Å². The number of hydrogen-bond donors (Lipinski definition) is 1. The van der Waals surface area contributed by atoms with E-state index in [0.29, 0.717) is 22.2 Å². The lowest BCUT2D eigenvalue weighted by atomic mass is 10.0. The predicted octanol–water partition coefficient (Wildman–Crippen LogP) is 4.88. The van der Waals surface area contributed by atoms with Gasteiger partial charge in [-0.1, -0.05) is 25.1 Å². The largest absolute Gasteiger partial charge is 0.478 e. The van der Waals surface area contributed by atoms with E-state index in [9.17, 15) is 9.90 Å². The second-order valence-corrected chi connectivity index (χ2v) is 6.17. The number of nitrogens with zero attached hydrogens (tertiary/aromatic N) is 1. The summed E-state index contributed by atoms with van der Waals surface area (Å²) in [6, 6.07) is 15.5. The highest BCUT2D eigenvalue weighted by Crippen LogP contribution is 2.27. The molecule has 0 fully saturated rings. The van der Waals surface area contributed by atoms with Crippen molar-refractivity contribution in [1.82, 2.24) is 4.98 Å². The number of hydrogen-bond acceptors (Lipinski definition) is 3. The molecule has 0 saturated heterocycles. The van der Waals surface area contributed by atoms with Crippen LogP contribution in [0.1, 0.15) is 22.8 Å². The van der Waals surface area contributed by atoms with Crippen LogP contribution >= 0.6 is 11.8 Å². The normalized spacial score (nSPS) is 10.9. The van der Waals surface area contributed by atoms with Gasteiger partial charge in [-0.2, -0.15) is 0 Å². The van der Waals surface area contributed by atoms with Gasteiger partial charge in [0.25, 0.3) is 0 Å². The van der Waals surface area contributed by atoms with E-state index in [-0.39, 0.29) is 0 Å². The van der Waals surface area contributed by atoms with E-state index < -0.39 is 5.97 Å². The second kappa shape index (κ2) is 6.42. The Morgan fingerprint density at radius 3 is 2.48 bits per heavy atom. The number of aromatic nitrogens is 1. The van der Waals surface area contributed by atoms with Crippen molar-refractivity contribution in [2.75, 3.05) is 6.26 Å². The minimum absolute atomic E-state index is 0.300. The number of aromatic carboxylic acids is 1. The van der Waals surface area contributed by atoms with Gasteiger partial charge in [-0.05, 0) is 48.6 Å². The lowest BCUT2D eigenvalue weighted by Crippen LogP contribution is -2.01. The molecule has 3 aromatic rings. The quantitative estimate of drug-likeness (QED) is 0.695. The maximum atomic E-state index is 11.7. The lowest BCUT2D eigenvalue weighted by Gasteiger charge is -2.09. The highest BCUT2D eigenvalue weighted by atomic mass is 32.2. The fraction of sp³-hybridized carbons (Fsp3) is 0.158. The van der Waals surface area contributed by atoms with E-state index in [0.717, 1.165) is 17.5 Å². The molecule has 0 aliphatic carbocycles. The van der Waals surface area contributed by atoms with E-state index in [2.05, 4.69) is 11.9 Å². The SMILES string of the molecule is CCc1ccc2nc(-c3ccc(SC)cc3)cc(C(=O)O)c2c1. The Hall–Kier alpha value is -2.33. The van der Waals surface area contributed by atoms with Crippen molar-refractivity contribution in [2.24, 2.45) is 0 Å². The van der Waals surface area contributed by atoms with Crippen LogP contribution < -0.4 is 0 Å². The van der Waals surface area contributed by atoms with E-state index >= 15 is 0 Å². The van der Waals surface area contributed by atoms with Crippen molar-refractivity contribution >= 4 is 28.6 Å². The summed E-state index contributed by atoms with van der Waals surface area (Å²) in [6.45, 7) is 2.05. The van der Waals surface area contributed by atoms with Crippen LogP contribution in [0.25, 0.3) is 22.2 Å². The molecule has 3 rings (SSSR count). The molecule has 0 spiro atoms. The Labute approximate surface area is 139 Å². The summed E-state index contributed by atoms with van der Waals surface area (Å²) in [5.41, 5.74) is 3.73. The summed E-state index contributed by atoms with van der Waals surface area (Å²) in [4.78, 5) is 17.5. The first-order valence-corrected chi connectivity index (χ1v) is 8.66. The van der Waals surface area contributed by atoms with E-state index in [1.54, 1.807) is 17.8 Å². The molecule has 3 nitrogen and oxygen atoms in total. The molecule has 0 aliphatic heterocycles. The molecular weight excluding hydrogens is 306 g/mol. The Morgan fingerprint density at radius 2 is 1.87 bits per heavy atom. The third-order valence-electron chi connectivity index (χ3n) is 3.90. The maximum absolute atomic E-state index is 11.7. The molecule has 1 aromatic heterocycles. The van der Waals surface area contributed by atoms with Gasteiger partial charge >= 0.3 is 5.97 Å². The van der Waals surface area contributed by atoms with Crippen LogP contribution in [-0.2, 0) is 6.42 Å². The third-order valence-corrected chi connectivity index (χ3v) is 4.64. The second-order valence-electron chi connectivity index (χ2n) is 5.29. The van der Waals surface area contributed by atoms with Crippen LogP contribution in [0.2, 0.25) is 0 Å². The molecule has 1 heterocycles. The van der Waals surface area contributed by atoms with Crippen molar-refractivity contribution < 1.29 is 9.90 Å². The van der Waals surface area contributed by atoms with E-state index in [1.165, 1.54) is 4.90 Å². The summed E-state index contributed by atoms with van der Waals surface area (Å²) < 4.78 is 0. The molecule has 0 amide bonds. The number of carboxylic acid groups (broad SMARTS) is 1. The van der Waals surface area contributed by atoms with Gasteiger partial charge in [0, 0.05) is 15.8 Å². The van der Waals surface area contributed by atoms with Crippen LogP contribution in [0, 0.1) is 0 Å². The van der Waals surface area contributed by atoms with Crippen LogP contribution in [-0.4, -0.2) is 22.3 Å². The van der Waals surface area contributed by atoms with Gasteiger partial charge in [-0.3, -0.25) is 0 Å². The summed E-state index contributed by atoms with van der Waals surface area (Å²) in [7, 11) is 0. The molecule has 0 bridgehead atoms. The molecule has 0 radical (unpaired) electrons. The standard InChI is InChI=1S/C19H17NO2S/c1-3-12-4-9-17-15(10-12)16(19(21)22)11-18(20-17)13-5-7-14(23-2)8-6-13/h4-11H,3H2,1-2H3,(H,21,22). The van der Waals surface area contributed by atoms with Crippen molar-refractivity contribution in [3.8, 4) is 11.3 Å². The molecule has 23 heavy (non-hydrogen) atoms. The van der Waals surface area contributed by atoms with Crippen molar-refractivity contribution in [1.29, 1.82) is 0 Å². The van der Waals surface area contributed by atoms with Gasteiger partial charge < -0.3 is 5.11 Å². The smallest absolute Gasteiger partial charge is 0.336 e. The number of fused-ring (bicyclic) bond motifs is 1. The highest BCUT2D eigenvalue weighted by Gasteiger charge is 2.13. The Morgan fingerprint density at radius 1 is 1.13 bits per heavy atom. The molecule has 116 valence electrons. The molecular formula is C19H17NO2S. The van der Waals surface area contributed by atoms with E-state index in [1.807, 2.05) is 48.7 Å². The lowest BCUT2D eigenvalue weighted by molar-refractivity contribution is 0.0699. The van der Waals surface area contributed by atoms with Crippen molar-refractivity contribution in [3.63, 3.8) is 0 Å². The molecule has 0 unspecified atom stereocenters. The van der Waals surface area contributed by atoms with Crippen LogP contribution in [0.4, 0.5) is 0 Å². The fourth-order valence-corrected chi connectivity index (χ4v) is 2.99. The van der Waals surface area contributed by atoms with Crippen LogP contribution in [0.5, 0.6) is 0 Å². The summed E-state index contributed by atoms with van der Waals surface area (Å²) >= 11 is 1.67.